The summed E-state index contributed by atoms with van der Waals surface area (Å²) in [5.41, 5.74) is 18.0. The molecular formula is C13H13N5O2S. The van der Waals surface area contributed by atoms with Gasteiger partial charge in [0, 0.05) is 0 Å². The Balaban J connectivity index is 2.53. The molecule has 0 spiro atoms. The predicted octanol–water partition coefficient (Wildman–Crippen LogP) is 1.33. The number of carboxylic acid groups (broad SMARTS) is 1. The number of carboxylic acids is 1. The Morgan fingerprint density at radius 1 is 1.14 bits per heavy atom. The molecule has 0 bridgehead atoms. The van der Waals surface area contributed by atoms with Crippen LogP contribution in [0.15, 0.2) is 45.0 Å². The van der Waals surface area contributed by atoms with Gasteiger partial charge in [-0.25, -0.2) is 9.79 Å². The molecule has 8 heteroatoms. The van der Waals surface area contributed by atoms with E-state index in [1.54, 1.807) is 23.5 Å². The third-order valence-electron chi connectivity index (χ3n) is 2.56. The van der Waals surface area contributed by atoms with Crippen molar-refractivity contribution < 1.29 is 9.90 Å². The minimum absolute atomic E-state index is 0.0164. The van der Waals surface area contributed by atoms with Gasteiger partial charge in [-0.3, -0.25) is 0 Å². The number of nitrogens with two attached hydrogens (primary N) is 3. The summed E-state index contributed by atoms with van der Waals surface area (Å²) in [7, 11) is 0. The molecule has 21 heavy (non-hydrogen) atoms. The minimum Gasteiger partial charge on any atom is -0.478 e. The average molecular weight is 303 g/mol. The summed E-state index contributed by atoms with van der Waals surface area (Å²) in [5.74, 6) is -1.56. The van der Waals surface area contributed by atoms with Crippen molar-refractivity contribution in [2.24, 2.45) is 27.2 Å². The van der Waals surface area contributed by atoms with Crippen molar-refractivity contribution in [1.82, 2.24) is 0 Å². The Kier molecular flexibility index (Phi) is 4.19. The molecule has 0 unspecified atom stereocenters. The number of thiophene rings is 1. The van der Waals surface area contributed by atoms with Crippen LogP contribution in [0.1, 0.15) is 10.4 Å². The lowest BCUT2D eigenvalue weighted by Crippen LogP contribution is -2.26. The van der Waals surface area contributed by atoms with Gasteiger partial charge in [0.15, 0.2) is 5.96 Å². The Morgan fingerprint density at radius 3 is 2.48 bits per heavy atom. The van der Waals surface area contributed by atoms with E-state index >= 15 is 0 Å². The second-order valence-electron chi connectivity index (χ2n) is 4.06. The average Bonchev–Trinajstić information content (AvgIpc) is 2.90. The smallest absolute Gasteiger partial charge is 0.337 e. The van der Waals surface area contributed by atoms with Crippen LogP contribution in [-0.4, -0.2) is 23.0 Å². The summed E-state index contributed by atoms with van der Waals surface area (Å²) >= 11 is 1.54. The van der Waals surface area contributed by atoms with Crippen LogP contribution in [0.4, 0.5) is 5.69 Å². The van der Waals surface area contributed by atoms with Crippen LogP contribution in [0.5, 0.6) is 0 Å². The normalized spacial score (nSPS) is 11.1. The highest BCUT2D eigenvalue weighted by molar-refractivity contribution is 7.08. The van der Waals surface area contributed by atoms with Crippen LogP contribution in [0, 0.1) is 0 Å². The summed E-state index contributed by atoms with van der Waals surface area (Å²) in [5, 5.41) is 13.1. The van der Waals surface area contributed by atoms with Crippen LogP contribution in [0.2, 0.25) is 0 Å². The van der Waals surface area contributed by atoms with Gasteiger partial charge in [0.2, 0.25) is 5.96 Å². The monoisotopic (exact) mass is 303 g/mol. The zero-order chi connectivity index (χ0) is 15.4. The molecule has 0 aliphatic rings. The molecule has 2 aromatic rings. The number of aliphatic imine (C=N–C) groups is 2. The molecule has 0 aliphatic carbocycles. The first-order valence-electron chi connectivity index (χ1n) is 5.81. The Morgan fingerprint density at radius 2 is 1.90 bits per heavy atom. The first-order valence-corrected chi connectivity index (χ1v) is 6.75. The zero-order valence-electron chi connectivity index (χ0n) is 10.9. The molecule has 2 rings (SSSR count). The van der Waals surface area contributed by atoms with Gasteiger partial charge >= 0.3 is 5.97 Å². The standard InChI is InChI=1S/C13H13N5O2S/c14-12(15)18-13(16)17-10-5-7(8-3-4-21-6-8)1-2-9(10)11(19)20/h1-6H,(H,19,20)(H6,14,15,16,17,18). The maximum atomic E-state index is 11.2. The first-order chi connectivity index (χ1) is 9.97. The number of guanidine groups is 2. The van der Waals surface area contributed by atoms with Gasteiger partial charge in [-0.2, -0.15) is 16.3 Å². The van der Waals surface area contributed by atoms with Crippen molar-refractivity contribution in [3.8, 4) is 11.1 Å². The van der Waals surface area contributed by atoms with Crippen molar-refractivity contribution in [2.75, 3.05) is 0 Å². The fourth-order valence-corrected chi connectivity index (χ4v) is 2.36. The summed E-state index contributed by atoms with van der Waals surface area (Å²) < 4.78 is 0. The number of carbonyl (C=O) groups is 1. The third kappa shape index (κ3) is 3.57. The molecule has 1 aromatic carbocycles. The molecule has 0 radical (unpaired) electrons. The molecule has 0 atom stereocenters. The molecule has 0 amide bonds. The van der Waals surface area contributed by atoms with E-state index in [0.29, 0.717) is 0 Å². The van der Waals surface area contributed by atoms with Gasteiger partial charge in [-0.1, -0.05) is 6.07 Å². The predicted molar refractivity (Wildman–Crippen MR) is 83.8 cm³/mol. The summed E-state index contributed by atoms with van der Waals surface area (Å²) in [6.07, 6.45) is 0. The highest BCUT2D eigenvalue weighted by atomic mass is 32.1. The maximum absolute atomic E-state index is 11.2. The lowest BCUT2D eigenvalue weighted by Gasteiger charge is -2.05. The molecule has 0 saturated heterocycles. The van der Waals surface area contributed by atoms with E-state index in [1.165, 1.54) is 6.07 Å². The van der Waals surface area contributed by atoms with Gasteiger partial charge < -0.3 is 22.3 Å². The minimum atomic E-state index is -1.11. The molecular weight excluding hydrogens is 290 g/mol. The van der Waals surface area contributed by atoms with Crippen molar-refractivity contribution >= 4 is 34.9 Å². The number of rotatable bonds is 3. The largest absolute Gasteiger partial charge is 0.478 e. The Labute approximate surface area is 124 Å². The van der Waals surface area contributed by atoms with E-state index in [9.17, 15) is 9.90 Å². The fourth-order valence-electron chi connectivity index (χ4n) is 1.69. The van der Waals surface area contributed by atoms with Crippen LogP contribution in [0.25, 0.3) is 11.1 Å². The van der Waals surface area contributed by atoms with Crippen LogP contribution >= 0.6 is 11.3 Å². The van der Waals surface area contributed by atoms with Gasteiger partial charge in [0.1, 0.15) is 0 Å². The van der Waals surface area contributed by atoms with E-state index in [1.807, 2.05) is 16.8 Å². The SMILES string of the molecule is NC(N)=NC(N)=Nc1cc(-c2ccsc2)ccc1C(=O)O. The van der Waals surface area contributed by atoms with Crippen LogP contribution in [-0.2, 0) is 0 Å². The highest BCUT2D eigenvalue weighted by Crippen LogP contribution is 2.29. The van der Waals surface area contributed by atoms with Crippen molar-refractivity contribution in [3.05, 3.63) is 40.6 Å². The van der Waals surface area contributed by atoms with Gasteiger partial charge in [0.05, 0.1) is 11.3 Å². The lowest BCUT2D eigenvalue weighted by atomic mass is 10.0. The topological polar surface area (TPSA) is 140 Å². The molecule has 0 fully saturated rings. The summed E-state index contributed by atoms with van der Waals surface area (Å²) in [6, 6.07) is 6.73. The molecule has 0 saturated carbocycles. The number of nitrogens with zero attached hydrogens (tertiary/aromatic N) is 2. The number of hydrogen-bond donors (Lipinski definition) is 4. The number of aromatic carboxylic acids is 1. The van der Waals surface area contributed by atoms with Crippen molar-refractivity contribution in [1.29, 1.82) is 0 Å². The lowest BCUT2D eigenvalue weighted by molar-refractivity contribution is 0.0698. The number of hydrogen-bond acceptors (Lipinski definition) is 3. The first kappa shape index (κ1) is 14.5. The van der Waals surface area contributed by atoms with Gasteiger partial charge in [-0.05, 0) is 40.1 Å². The highest BCUT2D eigenvalue weighted by Gasteiger charge is 2.12. The van der Waals surface area contributed by atoms with Crippen LogP contribution in [0.3, 0.4) is 0 Å². The number of benzene rings is 1. The zero-order valence-corrected chi connectivity index (χ0v) is 11.7. The van der Waals surface area contributed by atoms with E-state index in [4.69, 9.17) is 17.2 Å². The van der Waals surface area contributed by atoms with E-state index < -0.39 is 5.97 Å². The molecule has 7 nitrogen and oxygen atoms in total. The third-order valence-corrected chi connectivity index (χ3v) is 3.24. The Hall–Kier alpha value is -2.87. The van der Waals surface area contributed by atoms with Crippen LogP contribution < -0.4 is 17.2 Å². The van der Waals surface area contributed by atoms with Crippen molar-refractivity contribution in [3.63, 3.8) is 0 Å². The molecule has 1 heterocycles. The fraction of sp³-hybridized carbons (Fsp3) is 0. The quantitative estimate of drug-likeness (QED) is 0.500. The Bertz CT molecular complexity index is 718. The molecule has 108 valence electrons. The second-order valence-corrected chi connectivity index (χ2v) is 4.84. The molecule has 0 aliphatic heterocycles. The summed E-state index contributed by atoms with van der Waals surface area (Å²) in [6.45, 7) is 0. The van der Waals surface area contributed by atoms with Gasteiger partial charge in [-0.15, -0.1) is 0 Å². The van der Waals surface area contributed by atoms with Crippen molar-refractivity contribution in [2.45, 2.75) is 0 Å². The maximum Gasteiger partial charge on any atom is 0.337 e. The second kappa shape index (κ2) is 6.06. The van der Waals surface area contributed by atoms with E-state index in [-0.39, 0.29) is 23.2 Å². The molecule has 1 aromatic heterocycles. The van der Waals surface area contributed by atoms with Gasteiger partial charge in [0.25, 0.3) is 0 Å². The molecule has 7 N–H and O–H groups in total. The summed E-state index contributed by atoms with van der Waals surface area (Å²) in [4.78, 5) is 18.8. The van der Waals surface area contributed by atoms with E-state index in [2.05, 4.69) is 9.98 Å². The van der Waals surface area contributed by atoms with E-state index in [0.717, 1.165) is 11.1 Å².